The molecule has 0 radical (unpaired) electrons. The first-order valence-corrected chi connectivity index (χ1v) is 7.01. The van der Waals surface area contributed by atoms with Crippen LogP contribution in [0.3, 0.4) is 0 Å². The summed E-state index contributed by atoms with van der Waals surface area (Å²) >= 11 is 1.61. The molecule has 96 valence electrons. The van der Waals surface area contributed by atoms with Gasteiger partial charge in [0.15, 0.2) is 0 Å². The largest absolute Gasteiger partial charge is 0.488 e. The van der Waals surface area contributed by atoms with Gasteiger partial charge < -0.3 is 10.1 Å². The molecule has 0 aliphatic heterocycles. The fourth-order valence-electron chi connectivity index (χ4n) is 1.74. The van der Waals surface area contributed by atoms with Crippen LogP contribution in [0.25, 0.3) is 0 Å². The van der Waals surface area contributed by atoms with Gasteiger partial charge in [-0.1, -0.05) is 19.1 Å². The van der Waals surface area contributed by atoms with Crippen molar-refractivity contribution < 1.29 is 4.74 Å². The first-order chi connectivity index (χ1) is 8.79. The van der Waals surface area contributed by atoms with Gasteiger partial charge in [-0.05, 0) is 31.2 Å². The molecule has 1 atom stereocenters. The summed E-state index contributed by atoms with van der Waals surface area (Å²) in [5.41, 5.74) is 3.10. The minimum absolute atomic E-state index is 0.380. The van der Waals surface area contributed by atoms with Crippen molar-refractivity contribution in [1.82, 2.24) is 10.3 Å². The van der Waals surface area contributed by atoms with Gasteiger partial charge in [0.25, 0.3) is 0 Å². The molecule has 0 aliphatic rings. The van der Waals surface area contributed by atoms with Gasteiger partial charge in [0.05, 0.1) is 10.4 Å². The van der Waals surface area contributed by atoms with Crippen molar-refractivity contribution in [2.24, 2.45) is 0 Å². The van der Waals surface area contributed by atoms with E-state index >= 15 is 0 Å². The standard InChI is InChI=1S/C14H18N2OS/c1-3-16-11(2)12-4-6-13(7-5-12)17-9-14-8-15-10-18-14/h4-8,10-11,16H,3,9H2,1-2H3. The van der Waals surface area contributed by atoms with Gasteiger partial charge in [-0.3, -0.25) is 4.98 Å². The van der Waals surface area contributed by atoms with Crippen LogP contribution in [-0.2, 0) is 6.61 Å². The Morgan fingerprint density at radius 3 is 2.72 bits per heavy atom. The Labute approximate surface area is 112 Å². The average molecular weight is 262 g/mol. The molecule has 3 nitrogen and oxygen atoms in total. The number of hydrogen-bond acceptors (Lipinski definition) is 4. The maximum absolute atomic E-state index is 5.70. The van der Waals surface area contributed by atoms with Crippen LogP contribution in [0.1, 0.15) is 30.3 Å². The molecule has 0 amide bonds. The van der Waals surface area contributed by atoms with Crippen LogP contribution in [0.5, 0.6) is 5.75 Å². The highest BCUT2D eigenvalue weighted by Crippen LogP contribution is 2.19. The van der Waals surface area contributed by atoms with Gasteiger partial charge >= 0.3 is 0 Å². The summed E-state index contributed by atoms with van der Waals surface area (Å²) in [5, 5.41) is 3.39. The zero-order chi connectivity index (χ0) is 12.8. The molecule has 1 unspecified atom stereocenters. The van der Waals surface area contributed by atoms with Gasteiger partial charge in [-0.25, -0.2) is 0 Å². The second-order valence-corrected chi connectivity index (χ2v) is 5.08. The number of rotatable bonds is 6. The third-order valence-corrected chi connectivity index (χ3v) is 3.51. The number of thiazole rings is 1. The van der Waals surface area contributed by atoms with E-state index in [1.165, 1.54) is 5.56 Å². The SMILES string of the molecule is CCNC(C)c1ccc(OCc2cncs2)cc1. The molecule has 18 heavy (non-hydrogen) atoms. The zero-order valence-corrected chi connectivity index (χ0v) is 11.5. The summed E-state index contributed by atoms with van der Waals surface area (Å²) in [5.74, 6) is 0.899. The first kappa shape index (κ1) is 13.1. The van der Waals surface area contributed by atoms with Crippen molar-refractivity contribution in [3.63, 3.8) is 0 Å². The van der Waals surface area contributed by atoms with Crippen molar-refractivity contribution >= 4 is 11.3 Å². The maximum atomic E-state index is 5.70. The van der Waals surface area contributed by atoms with Crippen LogP contribution in [0.4, 0.5) is 0 Å². The van der Waals surface area contributed by atoms with Crippen LogP contribution >= 0.6 is 11.3 Å². The van der Waals surface area contributed by atoms with Crippen molar-refractivity contribution in [1.29, 1.82) is 0 Å². The Kier molecular flexibility index (Phi) is 4.73. The van der Waals surface area contributed by atoms with Crippen LogP contribution in [-0.4, -0.2) is 11.5 Å². The molecule has 1 heterocycles. The van der Waals surface area contributed by atoms with E-state index in [0.717, 1.165) is 17.2 Å². The van der Waals surface area contributed by atoms with Gasteiger partial charge in [0, 0.05) is 12.2 Å². The number of nitrogens with zero attached hydrogens (tertiary/aromatic N) is 1. The monoisotopic (exact) mass is 262 g/mol. The molecule has 0 fully saturated rings. The van der Waals surface area contributed by atoms with E-state index in [2.05, 4.69) is 36.3 Å². The van der Waals surface area contributed by atoms with Crippen molar-refractivity contribution in [2.45, 2.75) is 26.5 Å². The molecule has 0 saturated carbocycles. The topological polar surface area (TPSA) is 34.1 Å². The maximum Gasteiger partial charge on any atom is 0.124 e. The summed E-state index contributed by atoms with van der Waals surface area (Å²) in [7, 11) is 0. The van der Waals surface area contributed by atoms with E-state index in [9.17, 15) is 0 Å². The van der Waals surface area contributed by atoms with E-state index < -0.39 is 0 Å². The third kappa shape index (κ3) is 3.55. The Balaban J connectivity index is 1.91. The molecule has 1 aromatic heterocycles. The molecule has 0 saturated heterocycles. The van der Waals surface area contributed by atoms with Gasteiger partial charge in [-0.15, -0.1) is 11.3 Å². The summed E-state index contributed by atoms with van der Waals surface area (Å²) in [4.78, 5) is 5.16. The van der Waals surface area contributed by atoms with Crippen LogP contribution in [0, 0.1) is 0 Å². The predicted molar refractivity (Wildman–Crippen MR) is 75.0 cm³/mol. The Hall–Kier alpha value is -1.39. The average Bonchev–Trinajstić information content (AvgIpc) is 2.90. The summed E-state index contributed by atoms with van der Waals surface area (Å²) in [6, 6.07) is 8.63. The smallest absolute Gasteiger partial charge is 0.124 e. The highest BCUT2D eigenvalue weighted by Gasteiger charge is 2.03. The highest BCUT2D eigenvalue weighted by atomic mass is 32.1. The molecular formula is C14H18N2OS. The Morgan fingerprint density at radius 2 is 2.11 bits per heavy atom. The molecule has 4 heteroatoms. The number of hydrogen-bond donors (Lipinski definition) is 1. The van der Waals surface area contributed by atoms with E-state index in [0.29, 0.717) is 12.6 Å². The normalized spacial score (nSPS) is 12.3. The van der Waals surface area contributed by atoms with Crippen molar-refractivity contribution in [3.05, 3.63) is 46.4 Å². The predicted octanol–water partition coefficient (Wildman–Crippen LogP) is 3.39. The second kappa shape index (κ2) is 6.52. The number of benzene rings is 1. The molecule has 1 N–H and O–H groups in total. The molecule has 2 aromatic rings. The molecule has 0 aliphatic carbocycles. The van der Waals surface area contributed by atoms with E-state index in [1.54, 1.807) is 11.3 Å². The minimum Gasteiger partial charge on any atom is -0.488 e. The first-order valence-electron chi connectivity index (χ1n) is 6.13. The van der Waals surface area contributed by atoms with Crippen molar-refractivity contribution in [3.8, 4) is 5.75 Å². The van der Waals surface area contributed by atoms with Crippen molar-refractivity contribution in [2.75, 3.05) is 6.54 Å². The van der Waals surface area contributed by atoms with E-state index in [1.807, 2.05) is 23.8 Å². The molecule has 0 bridgehead atoms. The fraction of sp³-hybridized carbons (Fsp3) is 0.357. The van der Waals surface area contributed by atoms with Crippen LogP contribution < -0.4 is 10.1 Å². The van der Waals surface area contributed by atoms with Gasteiger partial charge in [0.1, 0.15) is 12.4 Å². The number of nitrogens with one attached hydrogen (secondary N) is 1. The quantitative estimate of drug-likeness (QED) is 0.866. The summed E-state index contributed by atoms with van der Waals surface area (Å²) in [6.45, 7) is 5.84. The second-order valence-electron chi connectivity index (χ2n) is 4.10. The van der Waals surface area contributed by atoms with Crippen LogP contribution in [0.15, 0.2) is 36.0 Å². The lowest BCUT2D eigenvalue weighted by molar-refractivity contribution is 0.309. The van der Waals surface area contributed by atoms with Gasteiger partial charge in [0.2, 0.25) is 0 Å². The lowest BCUT2D eigenvalue weighted by Gasteiger charge is -2.13. The molecule has 2 rings (SSSR count). The number of aromatic nitrogens is 1. The summed E-state index contributed by atoms with van der Waals surface area (Å²) < 4.78 is 5.70. The minimum atomic E-state index is 0.380. The third-order valence-electron chi connectivity index (χ3n) is 2.75. The lowest BCUT2D eigenvalue weighted by atomic mass is 10.1. The Morgan fingerprint density at radius 1 is 1.33 bits per heavy atom. The molecular weight excluding hydrogens is 244 g/mol. The molecule has 1 aromatic carbocycles. The number of ether oxygens (including phenoxy) is 1. The fourth-order valence-corrected chi connectivity index (χ4v) is 2.25. The van der Waals surface area contributed by atoms with E-state index in [-0.39, 0.29) is 0 Å². The van der Waals surface area contributed by atoms with Crippen LogP contribution in [0.2, 0.25) is 0 Å². The Bertz CT molecular complexity index is 453. The van der Waals surface area contributed by atoms with Gasteiger partial charge in [-0.2, -0.15) is 0 Å². The van der Waals surface area contributed by atoms with E-state index in [4.69, 9.17) is 4.74 Å². The summed E-state index contributed by atoms with van der Waals surface area (Å²) in [6.07, 6.45) is 1.84. The lowest BCUT2D eigenvalue weighted by Crippen LogP contribution is -2.17. The molecule has 0 spiro atoms. The highest BCUT2D eigenvalue weighted by molar-refractivity contribution is 7.09. The zero-order valence-electron chi connectivity index (χ0n) is 10.7.